The van der Waals surface area contributed by atoms with Gasteiger partial charge in [0.05, 0.1) is 0 Å². The Morgan fingerprint density at radius 2 is 1.20 bits per heavy atom. The highest BCUT2D eigenvalue weighted by Gasteiger charge is 2.01. The van der Waals surface area contributed by atoms with Gasteiger partial charge in [0, 0.05) is 0 Å². The van der Waals surface area contributed by atoms with E-state index in [1.54, 1.807) is 0 Å². The highest BCUT2D eigenvalue weighted by Crippen LogP contribution is 2.21. The van der Waals surface area contributed by atoms with Crippen LogP contribution in [0, 0.1) is 0 Å². The van der Waals surface area contributed by atoms with Gasteiger partial charge in [-0.2, -0.15) is 0 Å². The van der Waals surface area contributed by atoms with Crippen LogP contribution in [0.4, 0.5) is 0 Å². The molecule has 0 nitrogen and oxygen atoms in total. The first-order valence-electron chi connectivity index (χ1n) is 5.21. The lowest BCUT2D eigenvalue weighted by Crippen LogP contribution is -1.76. The van der Waals surface area contributed by atoms with Crippen molar-refractivity contribution in [1.82, 2.24) is 0 Å². The highest BCUT2D eigenvalue weighted by molar-refractivity contribution is 5.47. The van der Waals surface area contributed by atoms with Crippen molar-refractivity contribution in [2.45, 2.75) is 6.42 Å². The van der Waals surface area contributed by atoms with Crippen molar-refractivity contribution in [3.05, 3.63) is 84.1 Å². The molecule has 2 rings (SSSR count). The van der Waals surface area contributed by atoms with Gasteiger partial charge in [0.25, 0.3) is 0 Å². The van der Waals surface area contributed by atoms with E-state index in [0.29, 0.717) is 0 Å². The number of hydrogen-bond donors (Lipinski definition) is 0. The summed E-state index contributed by atoms with van der Waals surface area (Å²) >= 11 is 0. The van der Waals surface area contributed by atoms with E-state index in [2.05, 4.69) is 42.5 Å². The molecule has 0 radical (unpaired) electrons. The van der Waals surface area contributed by atoms with Crippen LogP contribution in [0.5, 0.6) is 0 Å². The second-order valence-corrected chi connectivity index (χ2v) is 3.46. The quantitative estimate of drug-likeness (QED) is 0.546. The average Bonchev–Trinajstić information content (AvgIpc) is 2.65. The lowest BCUT2D eigenvalue weighted by atomic mass is 10.1. The molecule has 74 valence electrons. The van der Waals surface area contributed by atoms with E-state index in [4.69, 9.17) is 0 Å². The van der Waals surface area contributed by atoms with Gasteiger partial charge >= 0.3 is 0 Å². The fourth-order valence-corrected chi connectivity index (χ4v) is 1.58. The summed E-state index contributed by atoms with van der Waals surface area (Å²) in [6.45, 7) is 0. The van der Waals surface area contributed by atoms with Crippen molar-refractivity contribution in [2.24, 2.45) is 0 Å². The zero-order chi connectivity index (χ0) is 10.3. The monoisotopic (exact) mass is 194 g/mol. The van der Waals surface area contributed by atoms with Crippen LogP contribution in [0.15, 0.2) is 84.1 Å². The third kappa shape index (κ3) is 2.81. The SMILES string of the molecule is C1=CC2=C(/C=C/C=C\C=C\C=C/C=C/2)C1. The summed E-state index contributed by atoms with van der Waals surface area (Å²) in [5.74, 6) is 0. The van der Waals surface area contributed by atoms with Crippen LogP contribution in [0.1, 0.15) is 6.42 Å². The second-order valence-electron chi connectivity index (χ2n) is 3.46. The molecule has 15 heavy (non-hydrogen) atoms. The molecule has 0 spiro atoms. The fraction of sp³-hybridized carbons (Fsp3) is 0.0667. The van der Waals surface area contributed by atoms with E-state index in [9.17, 15) is 0 Å². The molecule has 0 atom stereocenters. The topological polar surface area (TPSA) is 0 Å². The smallest absolute Gasteiger partial charge is 0.00882 e. The Hall–Kier alpha value is -1.82. The zero-order valence-corrected chi connectivity index (χ0v) is 8.64. The Morgan fingerprint density at radius 3 is 1.93 bits per heavy atom. The van der Waals surface area contributed by atoms with E-state index < -0.39 is 0 Å². The summed E-state index contributed by atoms with van der Waals surface area (Å²) in [6, 6.07) is 0. The van der Waals surface area contributed by atoms with Crippen LogP contribution in [-0.2, 0) is 0 Å². The van der Waals surface area contributed by atoms with Gasteiger partial charge < -0.3 is 0 Å². The van der Waals surface area contributed by atoms with E-state index in [1.165, 1.54) is 11.1 Å². The Kier molecular flexibility index (Phi) is 3.34. The number of allylic oxidation sites excluding steroid dienone is 14. The van der Waals surface area contributed by atoms with Crippen LogP contribution >= 0.6 is 0 Å². The van der Waals surface area contributed by atoms with Crippen molar-refractivity contribution in [3.8, 4) is 0 Å². The highest BCUT2D eigenvalue weighted by atomic mass is 14.1. The average molecular weight is 194 g/mol. The first-order chi connectivity index (χ1) is 7.47. The third-order valence-corrected chi connectivity index (χ3v) is 2.36. The molecule has 0 aromatic heterocycles. The van der Waals surface area contributed by atoms with Crippen molar-refractivity contribution in [2.75, 3.05) is 0 Å². The van der Waals surface area contributed by atoms with Gasteiger partial charge in [-0.1, -0.05) is 72.9 Å². The van der Waals surface area contributed by atoms with E-state index in [1.807, 2.05) is 30.4 Å². The maximum absolute atomic E-state index is 2.20. The van der Waals surface area contributed by atoms with Gasteiger partial charge in [-0.05, 0) is 17.6 Å². The van der Waals surface area contributed by atoms with Crippen molar-refractivity contribution in [3.63, 3.8) is 0 Å². The van der Waals surface area contributed by atoms with Gasteiger partial charge in [0.2, 0.25) is 0 Å². The fourth-order valence-electron chi connectivity index (χ4n) is 1.58. The third-order valence-electron chi connectivity index (χ3n) is 2.36. The van der Waals surface area contributed by atoms with Crippen LogP contribution in [0.25, 0.3) is 0 Å². The molecule has 0 heterocycles. The van der Waals surface area contributed by atoms with Crippen molar-refractivity contribution >= 4 is 0 Å². The van der Waals surface area contributed by atoms with Crippen molar-refractivity contribution < 1.29 is 0 Å². The van der Waals surface area contributed by atoms with E-state index in [0.717, 1.165) is 6.42 Å². The van der Waals surface area contributed by atoms with Gasteiger partial charge in [-0.25, -0.2) is 0 Å². The molecule has 0 N–H and O–H groups in total. The molecular formula is C15H14. The number of hydrogen-bond acceptors (Lipinski definition) is 0. The first-order valence-corrected chi connectivity index (χ1v) is 5.21. The zero-order valence-electron chi connectivity index (χ0n) is 8.64. The van der Waals surface area contributed by atoms with Gasteiger partial charge in [-0.15, -0.1) is 0 Å². The van der Waals surface area contributed by atoms with Gasteiger partial charge in [0.15, 0.2) is 0 Å². The summed E-state index contributed by atoms with van der Waals surface area (Å²) in [4.78, 5) is 0. The summed E-state index contributed by atoms with van der Waals surface area (Å²) < 4.78 is 0. The molecule has 0 saturated carbocycles. The molecule has 0 bridgehead atoms. The maximum atomic E-state index is 2.20. The molecular weight excluding hydrogens is 180 g/mol. The second kappa shape index (κ2) is 5.16. The lowest BCUT2D eigenvalue weighted by molar-refractivity contribution is 1.32. The first kappa shape index (κ1) is 9.72. The lowest BCUT2D eigenvalue weighted by Gasteiger charge is -1.95. The molecule has 0 unspecified atom stereocenters. The Balaban J connectivity index is 2.28. The van der Waals surface area contributed by atoms with Crippen LogP contribution in [-0.4, -0.2) is 0 Å². The Bertz CT molecular complexity index is 421. The molecule has 0 aromatic rings. The van der Waals surface area contributed by atoms with Crippen molar-refractivity contribution in [1.29, 1.82) is 0 Å². The minimum atomic E-state index is 1.05. The summed E-state index contributed by atoms with van der Waals surface area (Å²) in [7, 11) is 0. The standard InChI is InChI=1S/C15H14/c1-2-4-6-8-11-15-13-9-12-14(15)10-7-5-3-1/h1-12H,13H2/b2-1+,3-1?,4-2?,5-3-,6-4-,7-5?,8-6?,10-7+,11-8+,14-10?,15-11?. The molecule has 0 amide bonds. The largest absolute Gasteiger partial charge is 0.0795 e. The Labute approximate surface area is 91.0 Å². The molecule has 2 aliphatic rings. The summed E-state index contributed by atoms with van der Waals surface area (Å²) in [5.41, 5.74) is 2.70. The molecule has 0 aromatic carbocycles. The molecule has 0 aliphatic heterocycles. The van der Waals surface area contributed by atoms with Crippen LogP contribution in [0.3, 0.4) is 0 Å². The van der Waals surface area contributed by atoms with E-state index in [-0.39, 0.29) is 0 Å². The minimum absolute atomic E-state index is 1.05. The molecule has 0 heteroatoms. The molecule has 0 fully saturated rings. The van der Waals surface area contributed by atoms with Crippen LogP contribution in [0.2, 0.25) is 0 Å². The predicted molar refractivity (Wildman–Crippen MR) is 66.5 cm³/mol. The predicted octanol–water partition coefficient (Wildman–Crippen LogP) is 4.04. The van der Waals surface area contributed by atoms with Gasteiger partial charge in [0.1, 0.15) is 0 Å². The summed E-state index contributed by atoms with van der Waals surface area (Å²) in [6.07, 6.45) is 26.1. The van der Waals surface area contributed by atoms with Crippen LogP contribution < -0.4 is 0 Å². The Morgan fingerprint density at radius 1 is 0.600 bits per heavy atom. The maximum Gasteiger partial charge on any atom is -0.00882 e. The molecule has 2 aliphatic carbocycles. The van der Waals surface area contributed by atoms with E-state index >= 15 is 0 Å². The number of rotatable bonds is 0. The molecule has 0 saturated heterocycles. The minimum Gasteiger partial charge on any atom is -0.0795 e. The summed E-state index contributed by atoms with van der Waals surface area (Å²) in [5, 5.41) is 0. The van der Waals surface area contributed by atoms with Gasteiger partial charge in [-0.3, -0.25) is 0 Å². The normalized spacial score (nSPS) is 29.9.